The zero-order valence-electron chi connectivity index (χ0n) is 27.7. The predicted molar refractivity (Wildman–Crippen MR) is 186 cm³/mol. The van der Waals surface area contributed by atoms with Gasteiger partial charge in [0, 0.05) is 69.0 Å². The van der Waals surface area contributed by atoms with E-state index in [1.54, 1.807) is 26.0 Å². The summed E-state index contributed by atoms with van der Waals surface area (Å²) in [6.07, 6.45) is 0. The molecule has 1 saturated heterocycles. The fourth-order valence-electron chi connectivity index (χ4n) is 6.15. The molecule has 1 fully saturated rings. The van der Waals surface area contributed by atoms with Crippen LogP contribution in [0.3, 0.4) is 0 Å². The van der Waals surface area contributed by atoms with Gasteiger partial charge in [-0.3, -0.25) is 24.6 Å². The maximum absolute atomic E-state index is 14.0. The summed E-state index contributed by atoms with van der Waals surface area (Å²) in [5.41, 5.74) is 5.14. The number of amides is 1. The molecule has 3 aromatic carbocycles. The molecule has 12 heteroatoms. The number of nitrogens with zero attached hydrogens (tertiary/aromatic N) is 4. The van der Waals surface area contributed by atoms with Crippen molar-refractivity contribution < 1.29 is 24.1 Å². The second-order valence-corrected chi connectivity index (χ2v) is 11.8. The number of ether oxygens (including phenoxy) is 1. The van der Waals surface area contributed by atoms with Gasteiger partial charge in [0.25, 0.3) is 11.6 Å². The number of hydroxylamine groups is 2. The molecule has 2 aliphatic rings. The van der Waals surface area contributed by atoms with Crippen LogP contribution in [0.1, 0.15) is 36.5 Å². The first-order valence-corrected chi connectivity index (χ1v) is 15.7. The Morgan fingerprint density at radius 3 is 2.27 bits per heavy atom. The molecule has 1 N–H and O–H groups in total. The van der Waals surface area contributed by atoms with Crippen molar-refractivity contribution in [2.45, 2.75) is 33.3 Å². The molecule has 0 aromatic heterocycles. The number of halogens is 1. The topological polar surface area (TPSA) is 117 Å². The largest absolute Gasteiger partial charge is 0.461 e. The molecule has 0 saturated carbocycles. The lowest BCUT2D eigenvalue weighted by atomic mass is 9.80. The number of esters is 1. The molecule has 1 unspecified atom stereocenters. The Bertz CT molecular complexity index is 1690. The van der Waals surface area contributed by atoms with Gasteiger partial charge in [-0.05, 0) is 43.5 Å². The monoisotopic (exact) mass is 675 g/mol. The number of hydrogen-bond acceptors (Lipinski definition) is 9. The van der Waals surface area contributed by atoms with Crippen molar-refractivity contribution in [1.82, 2.24) is 15.3 Å². The number of nitro groups is 1. The lowest BCUT2D eigenvalue weighted by Crippen LogP contribution is -2.47. The van der Waals surface area contributed by atoms with E-state index in [-0.39, 0.29) is 42.5 Å². The fraction of sp³-hybridized carbons (Fsp3) is 0.333. The number of rotatable bonds is 11. The number of piperazine rings is 1. The normalized spacial score (nSPS) is 16.6. The van der Waals surface area contributed by atoms with E-state index in [0.29, 0.717) is 23.5 Å². The average molecular weight is 676 g/mol. The van der Waals surface area contributed by atoms with E-state index >= 15 is 0 Å². The van der Waals surface area contributed by atoms with Gasteiger partial charge >= 0.3 is 5.97 Å². The van der Waals surface area contributed by atoms with Crippen LogP contribution in [0.4, 0.5) is 11.4 Å². The maximum atomic E-state index is 14.0. The molecule has 0 bridgehead atoms. The quantitative estimate of drug-likeness (QED) is 0.159. The molecule has 1 atom stereocenters. The minimum absolute atomic E-state index is 0. The van der Waals surface area contributed by atoms with Gasteiger partial charge in [-0.2, -0.15) is 0 Å². The van der Waals surface area contributed by atoms with Gasteiger partial charge < -0.3 is 15.0 Å². The third-order valence-corrected chi connectivity index (χ3v) is 8.65. The zero-order valence-corrected chi connectivity index (χ0v) is 28.5. The molecule has 3 aromatic rings. The highest BCUT2D eigenvalue weighted by Gasteiger charge is 2.39. The number of non-ortho nitro benzene ring substituents is 1. The number of aryl methyl sites for hydroxylation is 1. The third kappa shape index (κ3) is 8.41. The van der Waals surface area contributed by atoms with Gasteiger partial charge in [0.1, 0.15) is 13.2 Å². The molecule has 254 valence electrons. The molecular weight excluding hydrogens is 634 g/mol. The Morgan fingerprint density at radius 1 is 0.917 bits per heavy atom. The number of benzene rings is 3. The number of carbonyl (C=O) groups is 2. The third-order valence-electron chi connectivity index (χ3n) is 8.65. The van der Waals surface area contributed by atoms with Gasteiger partial charge in [-0.25, -0.2) is 9.86 Å². The number of anilines is 1. The summed E-state index contributed by atoms with van der Waals surface area (Å²) < 4.78 is 5.84. The van der Waals surface area contributed by atoms with Crippen LogP contribution >= 0.6 is 12.4 Å². The summed E-state index contributed by atoms with van der Waals surface area (Å²) in [7, 11) is 1.51. The van der Waals surface area contributed by atoms with Crippen LogP contribution in [-0.2, 0) is 25.8 Å². The first-order valence-electron chi connectivity index (χ1n) is 15.7. The van der Waals surface area contributed by atoms with Crippen LogP contribution in [0.2, 0.25) is 0 Å². The number of hydrogen-bond donors (Lipinski definition) is 1. The zero-order chi connectivity index (χ0) is 33.5. The lowest BCUT2D eigenvalue weighted by Gasteiger charge is -2.36. The number of likely N-dealkylation sites (N-methyl/N-ethyl adjacent to an activating group) is 1. The fourth-order valence-corrected chi connectivity index (χ4v) is 6.15. The summed E-state index contributed by atoms with van der Waals surface area (Å²) >= 11 is 0. The molecular formula is C36H42ClN5O6. The molecule has 5 rings (SSSR count). The SMILES string of the molecule is CC1=C(C(=O)OCCN2CCN(c3ccccc3C)CC2)C(c2cccc([N+](=O)[O-])c2)C(C(=O)N(C)OCc2ccccc2)=C(C)N1.Cl. The van der Waals surface area contributed by atoms with Crippen molar-refractivity contribution in [2.24, 2.45) is 0 Å². The lowest BCUT2D eigenvalue weighted by molar-refractivity contribution is -0.384. The van der Waals surface area contributed by atoms with Crippen LogP contribution in [-0.4, -0.2) is 73.1 Å². The number of dihydropyridines is 1. The van der Waals surface area contributed by atoms with Gasteiger partial charge in [0.15, 0.2) is 0 Å². The van der Waals surface area contributed by atoms with Crippen LogP contribution in [0.15, 0.2) is 101 Å². The van der Waals surface area contributed by atoms with Gasteiger partial charge in [-0.1, -0.05) is 60.7 Å². The maximum Gasteiger partial charge on any atom is 0.336 e. The van der Waals surface area contributed by atoms with Gasteiger partial charge in [0.05, 0.1) is 22.0 Å². The number of carbonyl (C=O) groups excluding carboxylic acids is 2. The Morgan fingerprint density at radius 2 is 1.58 bits per heavy atom. The average Bonchev–Trinajstić information content (AvgIpc) is 3.07. The number of allylic oxidation sites excluding steroid dienone is 2. The standard InChI is InChI=1S/C36H41N5O6.ClH/c1-25-11-8-9-16-31(25)40-19-17-39(18-20-40)21-22-46-36(43)33-27(3)37-26(2)32(34(33)29-14-10-15-30(23-29)41(44)45)35(42)38(4)47-24-28-12-6-5-7-13-28;/h5-16,23,34,37H,17-22,24H2,1-4H3;1H. The van der Waals surface area contributed by atoms with Crippen molar-refractivity contribution in [2.75, 3.05) is 51.3 Å². The second kappa shape index (κ2) is 16.4. The Kier molecular flexibility index (Phi) is 12.4. The van der Waals surface area contributed by atoms with Gasteiger partial charge in [-0.15, -0.1) is 12.4 Å². The predicted octanol–water partition coefficient (Wildman–Crippen LogP) is 5.52. The van der Waals surface area contributed by atoms with Crippen LogP contribution in [0.25, 0.3) is 0 Å². The highest BCUT2D eigenvalue weighted by Crippen LogP contribution is 2.40. The first kappa shape index (κ1) is 36.1. The van der Waals surface area contributed by atoms with E-state index < -0.39 is 22.7 Å². The summed E-state index contributed by atoms with van der Waals surface area (Å²) in [5.74, 6) is -1.99. The van der Waals surface area contributed by atoms with E-state index in [9.17, 15) is 19.7 Å². The van der Waals surface area contributed by atoms with Crippen molar-refractivity contribution in [1.29, 1.82) is 0 Å². The summed E-state index contributed by atoms with van der Waals surface area (Å²) in [4.78, 5) is 49.4. The van der Waals surface area contributed by atoms with Crippen molar-refractivity contribution >= 4 is 35.7 Å². The van der Waals surface area contributed by atoms with Crippen LogP contribution < -0.4 is 10.2 Å². The summed E-state index contributed by atoms with van der Waals surface area (Å²) in [6.45, 7) is 9.89. The molecule has 2 heterocycles. The van der Waals surface area contributed by atoms with E-state index in [4.69, 9.17) is 9.57 Å². The van der Waals surface area contributed by atoms with Crippen molar-refractivity contribution in [3.05, 3.63) is 128 Å². The summed E-state index contributed by atoms with van der Waals surface area (Å²) in [6, 6.07) is 23.8. The van der Waals surface area contributed by atoms with Gasteiger partial charge in [0.2, 0.25) is 0 Å². The molecule has 0 spiro atoms. The van der Waals surface area contributed by atoms with Crippen LogP contribution in [0, 0.1) is 17.0 Å². The van der Waals surface area contributed by atoms with E-state index in [0.717, 1.165) is 36.8 Å². The number of nitro benzene ring substituents is 1. The van der Waals surface area contributed by atoms with Crippen molar-refractivity contribution in [3.8, 4) is 0 Å². The van der Waals surface area contributed by atoms with E-state index in [1.807, 2.05) is 36.4 Å². The van der Waals surface area contributed by atoms with Crippen molar-refractivity contribution in [3.63, 3.8) is 0 Å². The second-order valence-electron chi connectivity index (χ2n) is 11.8. The smallest absolute Gasteiger partial charge is 0.336 e. The van der Waals surface area contributed by atoms with Crippen LogP contribution in [0.5, 0.6) is 0 Å². The first-order chi connectivity index (χ1) is 22.6. The number of para-hydroxylation sites is 1. The molecule has 1 amide bonds. The minimum atomic E-state index is -0.920. The van der Waals surface area contributed by atoms with E-state index in [2.05, 4.69) is 40.2 Å². The molecule has 0 radical (unpaired) electrons. The highest BCUT2D eigenvalue weighted by molar-refractivity contribution is 6.01. The minimum Gasteiger partial charge on any atom is -0.461 e. The van der Waals surface area contributed by atoms with E-state index in [1.165, 1.54) is 30.4 Å². The highest BCUT2D eigenvalue weighted by atomic mass is 35.5. The molecule has 11 nitrogen and oxygen atoms in total. The Hall–Kier alpha value is -4.71. The molecule has 2 aliphatic heterocycles. The molecule has 0 aliphatic carbocycles. The Balaban J connectivity index is 0.00000520. The Labute approximate surface area is 287 Å². The summed E-state index contributed by atoms with van der Waals surface area (Å²) in [5, 5.41) is 16.0. The molecule has 48 heavy (non-hydrogen) atoms. The number of nitrogens with one attached hydrogen (secondary N) is 1.